The molecule has 1 N–H and O–H groups in total. The van der Waals surface area contributed by atoms with Gasteiger partial charge in [-0.15, -0.1) is 0 Å². The lowest BCUT2D eigenvalue weighted by Gasteiger charge is -2.19. The molecule has 17 heavy (non-hydrogen) atoms. The molecule has 0 amide bonds. The zero-order valence-corrected chi connectivity index (χ0v) is 10.1. The van der Waals surface area contributed by atoms with Crippen molar-refractivity contribution in [3.05, 3.63) is 34.1 Å². The van der Waals surface area contributed by atoms with Crippen LogP contribution in [0.3, 0.4) is 0 Å². The third-order valence-electron chi connectivity index (χ3n) is 2.20. The van der Waals surface area contributed by atoms with E-state index in [0.717, 1.165) is 12.6 Å². The lowest BCUT2D eigenvalue weighted by molar-refractivity contribution is -0.384. The van der Waals surface area contributed by atoms with Gasteiger partial charge in [-0.05, 0) is 33.2 Å². The minimum Gasteiger partial charge on any atom is -0.376 e. The highest BCUT2D eigenvalue weighted by Gasteiger charge is 2.16. The quantitative estimate of drug-likeness (QED) is 0.633. The topological polar surface area (TPSA) is 58.4 Å². The SMILES string of the molecule is CC(CN(C)C)Nc1ccc(F)cc1[N+](=O)[O-]. The minimum atomic E-state index is -0.609. The van der Waals surface area contributed by atoms with Crippen LogP contribution in [0.2, 0.25) is 0 Å². The molecule has 0 saturated carbocycles. The Labute approximate surface area is 99.4 Å². The van der Waals surface area contributed by atoms with Gasteiger partial charge in [-0.25, -0.2) is 4.39 Å². The van der Waals surface area contributed by atoms with Crippen molar-refractivity contribution in [3.63, 3.8) is 0 Å². The highest BCUT2D eigenvalue weighted by Crippen LogP contribution is 2.25. The van der Waals surface area contributed by atoms with Crippen LogP contribution in [-0.4, -0.2) is 36.5 Å². The summed E-state index contributed by atoms with van der Waals surface area (Å²) in [6, 6.07) is 3.55. The molecule has 0 aliphatic carbocycles. The van der Waals surface area contributed by atoms with Crippen molar-refractivity contribution in [3.8, 4) is 0 Å². The maximum Gasteiger partial charge on any atom is 0.295 e. The molecule has 1 rings (SSSR count). The number of rotatable bonds is 5. The number of halogens is 1. The summed E-state index contributed by atoms with van der Waals surface area (Å²) in [6.07, 6.45) is 0. The molecule has 94 valence electrons. The fourth-order valence-corrected chi connectivity index (χ4v) is 1.64. The molecule has 0 spiro atoms. The lowest BCUT2D eigenvalue weighted by Crippen LogP contribution is -2.29. The number of likely N-dealkylation sites (N-methyl/N-ethyl adjacent to an activating group) is 1. The summed E-state index contributed by atoms with van der Waals surface area (Å²) in [6.45, 7) is 2.64. The smallest absolute Gasteiger partial charge is 0.295 e. The Hall–Kier alpha value is -1.69. The van der Waals surface area contributed by atoms with Crippen molar-refractivity contribution in [2.45, 2.75) is 13.0 Å². The first-order valence-corrected chi connectivity index (χ1v) is 5.25. The van der Waals surface area contributed by atoms with Crippen molar-refractivity contribution in [2.24, 2.45) is 0 Å². The lowest BCUT2D eigenvalue weighted by atomic mass is 10.2. The van der Waals surface area contributed by atoms with Gasteiger partial charge in [0.1, 0.15) is 11.5 Å². The molecule has 1 atom stereocenters. The van der Waals surface area contributed by atoms with E-state index in [4.69, 9.17) is 0 Å². The number of hydrogen-bond donors (Lipinski definition) is 1. The highest BCUT2D eigenvalue weighted by atomic mass is 19.1. The molecule has 1 unspecified atom stereocenters. The van der Waals surface area contributed by atoms with Gasteiger partial charge >= 0.3 is 0 Å². The molecular weight excluding hydrogens is 225 g/mol. The first-order chi connectivity index (χ1) is 7.90. The second-order valence-electron chi connectivity index (χ2n) is 4.23. The van der Waals surface area contributed by atoms with Gasteiger partial charge in [-0.2, -0.15) is 0 Å². The normalized spacial score (nSPS) is 12.5. The fraction of sp³-hybridized carbons (Fsp3) is 0.455. The summed E-state index contributed by atoms with van der Waals surface area (Å²) in [5.74, 6) is -0.609. The van der Waals surface area contributed by atoms with Crippen LogP contribution >= 0.6 is 0 Å². The summed E-state index contributed by atoms with van der Waals surface area (Å²) < 4.78 is 12.9. The fourth-order valence-electron chi connectivity index (χ4n) is 1.64. The Bertz CT molecular complexity index is 410. The van der Waals surface area contributed by atoms with E-state index >= 15 is 0 Å². The van der Waals surface area contributed by atoms with E-state index in [2.05, 4.69) is 5.32 Å². The van der Waals surface area contributed by atoms with Gasteiger partial charge in [0, 0.05) is 12.6 Å². The van der Waals surface area contributed by atoms with Crippen LogP contribution in [0.25, 0.3) is 0 Å². The standard InChI is InChI=1S/C11H16FN3O2/c1-8(7-14(2)3)13-10-5-4-9(12)6-11(10)15(16)17/h4-6,8,13H,7H2,1-3H3. The van der Waals surface area contributed by atoms with Gasteiger partial charge in [0.2, 0.25) is 0 Å². The van der Waals surface area contributed by atoms with Gasteiger partial charge in [-0.1, -0.05) is 0 Å². The number of nitro benzene ring substituents is 1. The van der Waals surface area contributed by atoms with E-state index in [0.29, 0.717) is 5.69 Å². The Morgan fingerprint density at radius 2 is 2.18 bits per heavy atom. The molecule has 0 radical (unpaired) electrons. The second kappa shape index (κ2) is 5.58. The number of anilines is 1. The van der Waals surface area contributed by atoms with Crippen LogP contribution < -0.4 is 5.32 Å². The average Bonchev–Trinajstić information content (AvgIpc) is 2.19. The van der Waals surface area contributed by atoms with Gasteiger partial charge in [0.25, 0.3) is 5.69 Å². The molecule has 5 nitrogen and oxygen atoms in total. The Balaban J connectivity index is 2.86. The first-order valence-electron chi connectivity index (χ1n) is 5.25. The van der Waals surface area contributed by atoms with Gasteiger partial charge < -0.3 is 10.2 Å². The predicted molar refractivity (Wildman–Crippen MR) is 64.7 cm³/mol. The van der Waals surface area contributed by atoms with Crippen LogP contribution in [0.5, 0.6) is 0 Å². The molecule has 1 aromatic rings. The van der Waals surface area contributed by atoms with Crippen LogP contribution in [0.4, 0.5) is 15.8 Å². The monoisotopic (exact) mass is 241 g/mol. The van der Waals surface area contributed by atoms with Crippen molar-refractivity contribution < 1.29 is 9.31 Å². The van der Waals surface area contributed by atoms with Crippen LogP contribution in [0, 0.1) is 15.9 Å². The maximum absolute atomic E-state index is 12.9. The summed E-state index contributed by atoms with van der Waals surface area (Å²) in [5.41, 5.74) is 0.0985. The number of benzene rings is 1. The number of nitrogens with one attached hydrogen (secondary N) is 1. The highest BCUT2D eigenvalue weighted by molar-refractivity contribution is 5.61. The van der Waals surface area contributed by atoms with Crippen molar-refractivity contribution in [1.29, 1.82) is 0 Å². The first kappa shape index (κ1) is 13.4. The van der Waals surface area contributed by atoms with Crippen molar-refractivity contribution in [1.82, 2.24) is 4.90 Å². The van der Waals surface area contributed by atoms with Crippen molar-refractivity contribution in [2.75, 3.05) is 26.0 Å². The Morgan fingerprint density at radius 1 is 1.53 bits per heavy atom. The molecule has 0 heterocycles. The maximum atomic E-state index is 12.9. The molecule has 0 fully saturated rings. The zero-order chi connectivity index (χ0) is 13.0. The van der Waals surface area contributed by atoms with Gasteiger partial charge in [-0.3, -0.25) is 10.1 Å². The van der Waals surface area contributed by atoms with E-state index in [-0.39, 0.29) is 11.7 Å². The van der Waals surface area contributed by atoms with Crippen molar-refractivity contribution >= 4 is 11.4 Å². The summed E-state index contributed by atoms with van der Waals surface area (Å²) in [7, 11) is 3.83. The predicted octanol–water partition coefficient (Wildman–Crippen LogP) is 2.10. The third kappa shape index (κ3) is 3.99. The van der Waals surface area contributed by atoms with Gasteiger partial charge in [0.05, 0.1) is 11.0 Å². The number of nitro groups is 1. The molecule has 0 aliphatic heterocycles. The van der Waals surface area contributed by atoms with E-state index in [9.17, 15) is 14.5 Å². The Kier molecular flexibility index (Phi) is 4.39. The van der Waals surface area contributed by atoms with Crippen LogP contribution in [0.1, 0.15) is 6.92 Å². The second-order valence-corrected chi connectivity index (χ2v) is 4.23. The largest absolute Gasteiger partial charge is 0.376 e. The zero-order valence-electron chi connectivity index (χ0n) is 10.1. The molecular formula is C11H16FN3O2. The third-order valence-corrected chi connectivity index (χ3v) is 2.20. The van der Waals surface area contributed by atoms with E-state index in [1.807, 2.05) is 25.9 Å². The van der Waals surface area contributed by atoms with E-state index < -0.39 is 10.7 Å². The summed E-state index contributed by atoms with van der Waals surface area (Å²) in [5, 5.41) is 13.8. The molecule has 1 aromatic carbocycles. The molecule has 0 aromatic heterocycles. The average molecular weight is 241 g/mol. The number of nitrogens with zero attached hydrogens (tertiary/aromatic N) is 2. The summed E-state index contributed by atoms with van der Waals surface area (Å²) in [4.78, 5) is 12.1. The number of hydrogen-bond acceptors (Lipinski definition) is 4. The molecule has 0 bridgehead atoms. The van der Waals surface area contributed by atoms with Gasteiger partial charge in [0.15, 0.2) is 0 Å². The minimum absolute atomic E-state index is 0.0363. The molecule has 0 aliphatic rings. The van der Waals surface area contributed by atoms with E-state index in [1.54, 1.807) is 0 Å². The Morgan fingerprint density at radius 3 is 2.71 bits per heavy atom. The van der Waals surface area contributed by atoms with E-state index in [1.165, 1.54) is 12.1 Å². The van der Waals surface area contributed by atoms with Crippen LogP contribution in [0.15, 0.2) is 18.2 Å². The van der Waals surface area contributed by atoms with Crippen LogP contribution in [-0.2, 0) is 0 Å². The summed E-state index contributed by atoms with van der Waals surface area (Å²) >= 11 is 0. The molecule has 0 saturated heterocycles. The molecule has 6 heteroatoms.